The Morgan fingerprint density at radius 2 is 2.04 bits per heavy atom. The van der Waals surface area contributed by atoms with Crippen molar-refractivity contribution in [3.63, 3.8) is 0 Å². The van der Waals surface area contributed by atoms with Gasteiger partial charge < -0.3 is 19.9 Å². The summed E-state index contributed by atoms with van der Waals surface area (Å²) in [7, 11) is 1.53. The summed E-state index contributed by atoms with van der Waals surface area (Å²) >= 11 is 1.19. The van der Waals surface area contributed by atoms with Crippen molar-refractivity contribution in [3.8, 4) is 0 Å². The van der Waals surface area contributed by atoms with E-state index in [9.17, 15) is 14.7 Å². The number of anilines is 1. The number of esters is 1. The topological polar surface area (TPSA) is 111 Å². The van der Waals surface area contributed by atoms with E-state index >= 15 is 0 Å². The molecule has 0 saturated heterocycles. The van der Waals surface area contributed by atoms with Gasteiger partial charge in [-0.2, -0.15) is 0 Å². The van der Waals surface area contributed by atoms with Crippen LogP contribution in [-0.4, -0.2) is 53.4 Å². The molecule has 0 aliphatic heterocycles. The number of carbonyl (C=O) groups is 2. The zero-order valence-electron chi connectivity index (χ0n) is 14.5. The second kappa shape index (κ2) is 8.21. The van der Waals surface area contributed by atoms with Gasteiger partial charge in [-0.15, -0.1) is 11.3 Å². The molecule has 0 spiro atoms. The number of aromatic nitrogens is 2. The Hall–Kier alpha value is -2.26. The van der Waals surface area contributed by atoms with Crippen LogP contribution in [-0.2, 0) is 14.3 Å². The molecule has 25 heavy (non-hydrogen) atoms. The number of aryl methyl sites for hydroxylation is 1. The second-order valence-electron chi connectivity index (χ2n) is 5.79. The van der Waals surface area contributed by atoms with Gasteiger partial charge in [0.15, 0.2) is 0 Å². The van der Waals surface area contributed by atoms with E-state index in [1.165, 1.54) is 24.8 Å². The number of ether oxygens (including phenoxy) is 2. The molecule has 0 saturated carbocycles. The van der Waals surface area contributed by atoms with Crippen molar-refractivity contribution in [1.29, 1.82) is 0 Å². The summed E-state index contributed by atoms with van der Waals surface area (Å²) in [4.78, 5) is 33.0. The Labute approximate surface area is 149 Å². The maximum absolute atomic E-state index is 12.2. The van der Waals surface area contributed by atoms with Crippen LogP contribution in [0.25, 0.3) is 10.2 Å². The second-order valence-corrected chi connectivity index (χ2v) is 6.79. The summed E-state index contributed by atoms with van der Waals surface area (Å²) < 4.78 is 10.0. The van der Waals surface area contributed by atoms with E-state index in [1.54, 1.807) is 6.92 Å². The van der Waals surface area contributed by atoms with Gasteiger partial charge in [0, 0.05) is 7.11 Å². The average Bonchev–Trinajstić information content (AvgIpc) is 2.90. The van der Waals surface area contributed by atoms with Crippen molar-refractivity contribution in [1.82, 2.24) is 9.97 Å². The maximum atomic E-state index is 12.2. The third-order valence-corrected chi connectivity index (χ3v) is 4.84. The van der Waals surface area contributed by atoms with Crippen LogP contribution in [0.15, 0.2) is 6.33 Å². The number of nitrogens with one attached hydrogen (secondary N) is 1. The lowest BCUT2D eigenvalue weighted by atomic mass is 10.0. The first-order valence-electron chi connectivity index (χ1n) is 7.76. The van der Waals surface area contributed by atoms with Crippen LogP contribution in [0.3, 0.4) is 0 Å². The summed E-state index contributed by atoms with van der Waals surface area (Å²) in [5, 5.41) is 13.0. The van der Waals surface area contributed by atoms with E-state index in [4.69, 9.17) is 9.47 Å². The molecule has 0 bridgehead atoms. The highest BCUT2D eigenvalue weighted by atomic mass is 32.1. The SMILES string of the molecule is COCCOC(=O)c1sc2ncnc(NC(C(=O)O)C(C)C)c2c1C. The van der Waals surface area contributed by atoms with E-state index in [2.05, 4.69) is 15.3 Å². The highest BCUT2D eigenvalue weighted by molar-refractivity contribution is 7.20. The molecular formula is C16H21N3O5S. The van der Waals surface area contributed by atoms with Crippen molar-refractivity contribution < 1.29 is 24.2 Å². The first-order chi connectivity index (χ1) is 11.9. The predicted molar refractivity (Wildman–Crippen MR) is 94.2 cm³/mol. The minimum absolute atomic E-state index is 0.139. The number of carbonyl (C=O) groups excluding carboxylic acids is 1. The van der Waals surface area contributed by atoms with Gasteiger partial charge in [-0.05, 0) is 18.4 Å². The summed E-state index contributed by atoms with van der Waals surface area (Å²) in [6.45, 7) is 5.86. The molecule has 2 aromatic heterocycles. The van der Waals surface area contributed by atoms with Gasteiger partial charge in [0.1, 0.15) is 34.5 Å². The molecule has 8 nitrogen and oxygen atoms in total. The number of rotatable bonds is 8. The van der Waals surface area contributed by atoms with Crippen LogP contribution in [0.5, 0.6) is 0 Å². The molecule has 2 rings (SSSR count). The van der Waals surface area contributed by atoms with Crippen molar-refractivity contribution >= 4 is 39.3 Å². The lowest BCUT2D eigenvalue weighted by Crippen LogP contribution is -2.34. The monoisotopic (exact) mass is 367 g/mol. The highest BCUT2D eigenvalue weighted by Gasteiger charge is 2.25. The van der Waals surface area contributed by atoms with Crippen LogP contribution < -0.4 is 5.32 Å². The van der Waals surface area contributed by atoms with Gasteiger partial charge in [0.05, 0.1) is 12.0 Å². The third-order valence-electron chi connectivity index (χ3n) is 3.66. The number of nitrogens with zero attached hydrogens (tertiary/aromatic N) is 2. The molecule has 1 atom stereocenters. The van der Waals surface area contributed by atoms with Crippen molar-refractivity contribution in [2.45, 2.75) is 26.8 Å². The standard InChI is InChI=1S/C16H21N3O5S/c1-8(2)11(15(20)21)19-13-10-9(3)12(16(22)24-6-5-23-4)25-14(10)18-7-17-13/h7-8,11H,5-6H2,1-4H3,(H,20,21)(H,17,18,19). The number of carboxylic acid groups (broad SMARTS) is 1. The van der Waals surface area contributed by atoms with Crippen LogP contribution in [0.2, 0.25) is 0 Å². The Kier molecular flexibility index (Phi) is 6.27. The van der Waals surface area contributed by atoms with Crippen molar-refractivity contribution in [2.75, 3.05) is 25.6 Å². The highest BCUT2D eigenvalue weighted by Crippen LogP contribution is 2.34. The largest absolute Gasteiger partial charge is 0.480 e. The smallest absolute Gasteiger partial charge is 0.348 e. The molecule has 1 unspecified atom stereocenters. The molecule has 2 aromatic rings. The molecule has 0 aliphatic carbocycles. The molecule has 2 heterocycles. The van der Waals surface area contributed by atoms with Gasteiger partial charge in [0.2, 0.25) is 0 Å². The average molecular weight is 367 g/mol. The van der Waals surface area contributed by atoms with Crippen LogP contribution in [0.1, 0.15) is 29.1 Å². The number of hydrogen-bond donors (Lipinski definition) is 2. The number of aliphatic carboxylic acids is 1. The van der Waals surface area contributed by atoms with E-state index in [0.29, 0.717) is 33.1 Å². The van der Waals surface area contributed by atoms with Crippen molar-refractivity contribution in [2.24, 2.45) is 5.92 Å². The zero-order chi connectivity index (χ0) is 18.6. The fourth-order valence-corrected chi connectivity index (χ4v) is 3.36. The van der Waals surface area contributed by atoms with Crippen LogP contribution in [0, 0.1) is 12.8 Å². The van der Waals surface area contributed by atoms with Crippen LogP contribution >= 0.6 is 11.3 Å². The number of fused-ring (bicyclic) bond motifs is 1. The zero-order valence-corrected chi connectivity index (χ0v) is 15.3. The summed E-state index contributed by atoms with van der Waals surface area (Å²) in [6.07, 6.45) is 1.35. The molecule has 0 amide bonds. The number of methoxy groups -OCH3 is 1. The molecule has 0 radical (unpaired) electrons. The first-order valence-corrected chi connectivity index (χ1v) is 8.58. The molecule has 0 aromatic carbocycles. The quantitative estimate of drug-likeness (QED) is 0.540. The molecular weight excluding hydrogens is 346 g/mol. The normalized spacial score (nSPS) is 12.4. The van der Waals surface area contributed by atoms with E-state index in [1.807, 2.05) is 13.8 Å². The molecule has 2 N–H and O–H groups in total. The maximum Gasteiger partial charge on any atom is 0.348 e. The summed E-state index contributed by atoms with van der Waals surface area (Å²) in [5.74, 6) is -1.16. The van der Waals surface area contributed by atoms with E-state index < -0.39 is 18.0 Å². The fourth-order valence-electron chi connectivity index (χ4n) is 2.32. The van der Waals surface area contributed by atoms with Gasteiger partial charge in [-0.3, -0.25) is 0 Å². The number of hydrogen-bond acceptors (Lipinski definition) is 8. The lowest BCUT2D eigenvalue weighted by molar-refractivity contribution is -0.138. The van der Waals surface area contributed by atoms with Crippen LogP contribution in [0.4, 0.5) is 5.82 Å². The third kappa shape index (κ3) is 4.23. The Balaban J connectivity index is 2.37. The van der Waals surface area contributed by atoms with Gasteiger partial charge in [-0.25, -0.2) is 19.6 Å². The first kappa shape index (κ1) is 19.1. The number of thiophene rings is 1. The number of carboxylic acids is 1. The summed E-state index contributed by atoms with van der Waals surface area (Å²) in [6, 6.07) is -0.797. The van der Waals surface area contributed by atoms with Crippen molar-refractivity contribution in [3.05, 3.63) is 16.8 Å². The van der Waals surface area contributed by atoms with E-state index in [-0.39, 0.29) is 12.5 Å². The predicted octanol–water partition coefficient (Wildman–Crippen LogP) is 2.32. The fraction of sp³-hybridized carbons (Fsp3) is 0.500. The molecule has 0 fully saturated rings. The molecule has 136 valence electrons. The minimum Gasteiger partial charge on any atom is -0.480 e. The Bertz CT molecular complexity index is 774. The van der Waals surface area contributed by atoms with Gasteiger partial charge >= 0.3 is 11.9 Å². The Morgan fingerprint density at radius 3 is 2.64 bits per heavy atom. The Morgan fingerprint density at radius 1 is 1.32 bits per heavy atom. The molecule has 9 heteroatoms. The molecule has 0 aliphatic rings. The van der Waals surface area contributed by atoms with Gasteiger partial charge in [0.25, 0.3) is 0 Å². The van der Waals surface area contributed by atoms with E-state index in [0.717, 1.165) is 0 Å². The minimum atomic E-state index is -0.964. The lowest BCUT2D eigenvalue weighted by Gasteiger charge is -2.19. The van der Waals surface area contributed by atoms with Gasteiger partial charge in [-0.1, -0.05) is 13.8 Å². The summed E-state index contributed by atoms with van der Waals surface area (Å²) in [5.41, 5.74) is 0.665.